The molecule has 1 atom stereocenters. The summed E-state index contributed by atoms with van der Waals surface area (Å²) in [6.45, 7) is 1.15. The molecule has 0 aliphatic carbocycles. The van der Waals surface area contributed by atoms with Crippen molar-refractivity contribution in [1.29, 1.82) is 0 Å². The fourth-order valence-electron chi connectivity index (χ4n) is 1.05. The van der Waals surface area contributed by atoms with Crippen molar-refractivity contribution in [3.05, 3.63) is 18.0 Å². The van der Waals surface area contributed by atoms with E-state index in [0.29, 0.717) is 0 Å². The Morgan fingerprint density at radius 1 is 1.59 bits per heavy atom. The number of carboxylic acids is 1. The van der Waals surface area contributed by atoms with Gasteiger partial charge in [-0.25, -0.2) is 4.79 Å². The third-order valence-corrected chi connectivity index (χ3v) is 2.04. The molecular formula is C9H12N4O4. The smallest absolute Gasteiger partial charge is 0.328 e. The Labute approximate surface area is 96.4 Å². The van der Waals surface area contributed by atoms with Gasteiger partial charge in [0.1, 0.15) is 6.04 Å². The first kappa shape index (κ1) is 12.7. The Hall–Kier alpha value is -2.38. The van der Waals surface area contributed by atoms with E-state index in [9.17, 15) is 14.4 Å². The quantitative estimate of drug-likeness (QED) is 0.592. The number of carbonyl (C=O) groups is 3. The molecular weight excluding hydrogens is 228 g/mol. The number of aliphatic carboxylic acids is 1. The molecule has 1 aromatic heterocycles. The topological polar surface area (TPSA) is 127 Å². The van der Waals surface area contributed by atoms with Gasteiger partial charge in [0.15, 0.2) is 0 Å². The van der Waals surface area contributed by atoms with E-state index in [1.54, 1.807) is 0 Å². The molecule has 1 heterocycles. The van der Waals surface area contributed by atoms with E-state index >= 15 is 0 Å². The van der Waals surface area contributed by atoms with Gasteiger partial charge in [-0.3, -0.25) is 14.3 Å². The zero-order valence-electron chi connectivity index (χ0n) is 9.08. The molecule has 92 valence electrons. The lowest BCUT2D eigenvalue weighted by molar-refractivity contribution is -0.140. The summed E-state index contributed by atoms with van der Waals surface area (Å²) in [5, 5.41) is 14.7. The lowest BCUT2D eigenvalue weighted by atomic mass is 10.3. The fourth-order valence-corrected chi connectivity index (χ4v) is 1.05. The Balaban J connectivity index is 2.71. The number of carboxylic acid groups (broad SMARTS) is 1. The fraction of sp³-hybridized carbons (Fsp3) is 0.333. The second kappa shape index (κ2) is 5.10. The second-order valence-corrected chi connectivity index (χ2v) is 3.37. The second-order valence-electron chi connectivity index (χ2n) is 3.37. The summed E-state index contributed by atoms with van der Waals surface area (Å²) in [4.78, 5) is 32.6. The number of amides is 2. The maximum absolute atomic E-state index is 11.4. The van der Waals surface area contributed by atoms with Crippen molar-refractivity contribution in [3.63, 3.8) is 0 Å². The van der Waals surface area contributed by atoms with Crippen LogP contribution in [0.1, 0.15) is 23.3 Å². The summed E-state index contributed by atoms with van der Waals surface area (Å²) in [5.74, 6) is -2.26. The van der Waals surface area contributed by atoms with Crippen LogP contribution in [-0.2, 0) is 9.59 Å². The van der Waals surface area contributed by atoms with Gasteiger partial charge in [0.2, 0.25) is 5.91 Å². The first-order valence-corrected chi connectivity index (χ1v) is 4.75. The maximum atomic E-state index is 11.4. The number of hydrogen-bond donors (Lipinski definition) is 3. The number of primary amides is 1. The van der Waals surface area contributed by atoms with Gasteiger partial charge in [0.25, 0.3) is 5.91 Å². The maximum Gasteiger partial charge on any atom is 0.328 e. The van der Waals surface area contributed by atoms with Crippen molar-refractivity contribution >= 4 is 17.8 Å². The molecule has 0 aliphatic heterocycles. The number of hydrogen-bond acceptors (Lipinski definition) is 4. The molecule has 0 saturated heterocycles. The summed E-state index contributed by atoms with van der Waals surface area (Å²) in [5.41, 5.74) is 5.03. The Bertz CT molecular complexity index is 454. The predicted octanol–water partition coefficient (Wildman–Crippen LogP) is -1.26. The molecule has 0 radical (unpaired) electrons. The van der Waals surface area contributed by atoms with Gasteiger partial charge in [-0.05, 0) is 6.92 Å². The van der Waals surface area contributed by atoms with Crippen LogP contribution in [0.5, 0.6) is 0 Å². The molecule has 0 bridgehead atoms. The van der Waals surface area contributed by atoms with E-state index in [4.69, 9.17) is 10.8 Å². The molecule has 8 nitrogen and oxygen atoms in total. The normalized spacial score (nSPS) is 11.8. The van der Waals surface area contributed by atoms with Gasteiger partial charge >= 0.3 is 5.97 Å². The van der Waals surface area contributed by atoms with Crippen molar-refractivity contribution in [2.45, 2.75) is 13.0 Å². The van der Waals surface area contributed by atoms with Crippen molar-refractivity contribution in [1.82, 2.24) is 15.1 Å². The van der Waals surface area contributed by atoms with Gasteiger partial charge in [-0.15, -0.1) is 0 Å². The Kier molecular flexibility index (Phi) is 3.81. The van der Waals surface area contributed by atoms with E-state index in [2.05, 4.69) is 10.4 Å². The number of nitrogens with zero attached hydrogens (tertiary/aromatic N) is 2. The highest BCUT2D eigenvalue weighted by Gasteiger charge is 2.16. The van der Waals surface area contributed by atoms with Crippen molar-refractivity contribution < 1.29 is 19.5 Å². The number of rotatable bonds is 5. The molecule has 1 rings (SSSR count). The highest BCUT2D eigenvalue weighted by atomic mass is 16.4. The van der Waals surface area contributed by atoms with Gasteiger partial charge in [-0.1, -0.05) is 0 Å². The van der Waals surface area contributed by atoms with E-state index in [1.807, 2.05) is 0 Å². The molecule has 17 heavy (non-hydrogen) atoms. The van der Waals surface area contributed by atoms with E-state index < -0.39 is 23.8 Å². The zero-order chi connectivity index (χ0) is 13.0. The van der Waals surface area contributed by atoms with Gasteiger partial charge in [-0.2, -0.15) is 5.10 Å². The summed E-state index contributed by atoms with van der Waals surface area (Å²) in [6.07, 6.45) is 2.50. The highest BCUT2D eigenvalue weighted by Crippen LogP contribution is 2.06. The van der Waals surface area contributed by atoms with E-state index in [0.717, 1.165) is 4.68 Å². The van der Waals surface area contributed by atoms with E-state index in [-0.39, 0.29) is 12.1 Å². The van der Waals surface area contributed by atoms with Crippen molar-refractivity contribution in [2.75, 3.05) is 6.54 Å². The average Bonchev–Trinajstić information content (AvgIpc) is 2.73. The first-order valence-electron chi connectivity index (χ1n) is 4.75. The van der Waals surface area contributed by atoms with Crippen LogP contribution in [0.2, 0.25) is 0 Å². The van der Waals surface area contributed by atoms with Gasteiger partial charge in [0, 0.05) is 6.20 Å². The third-order valence-electron chi connectivity index (χ3n) is 2.04. The van der Waals surface area contributed by atoms with Crippen LogP contribution in [-0.4, -0.2) is 39.2 Å². The minimum absolute atomic E-state index is 0.166. The molecule has 0 fully saturated rings. The van der Waals surface area contributed by atoms with Gasteiger partial charge < -0.3 is 16.2 Å². The summed E-state index contributed by atoms with van der Waals surface area (Å²) >= 11 is 0. The highest BCUT2D eigenvalue weighted by molar-refractivity contribution is 5.95. The monoisotopic (exact) mass is 240 g/mol. The molecule has 0 aliphatic rings. The first-order chi connectivity index (χ1) is 7.91. The Morgan fingerprint density at radius 3 is 2.76 bits per heavy atom. The van der Waals surface area contributed by atoms with Crippen LogP contribution < -0.4 is 11.1 Å². The number of aromatic nitrogens is 2. The molecule has 0 saturated carbocycles. The molecule has 4 N–H and O–H groups in total. The van der Waals surface area contributed by atoms with Crippen LogP contribution in [0, 0.1) is 0 Å². The van der Waals surface area contributed by atoms with Crippen molar-refractivity contribution in [2.24, 2.45) is 5.73 Å². The van der Waals surface area contributed by atoms with Crippen LogP contribution in [0.3, 0.4) is 0 Å². The molecule has 8 heteroatoms. The van der Waals surface area contributed by atoms with E-state index in [1.165, 1.54) is 19.3 Å². The summed E-state index contributed by atoms with van der Waals surface area (Å²) in [7, 11) is 0. The molecule has 1 aromatic rings. The molecule has 0 spiro atoms. The third kappa shape index (κ3) is 3.30. The SMILES string of the molecule is CC(C(=O)O)n1cc(C(=O)NCC(N)=O)cn1. The summed E-state index contributed by atoms with van der Waals surface area (Å²) < 4.78 is 1.14. The Morgan fingerprint density at radius 2 is 2.24 bits per heavy atom. The molecule has 0 aromatic carbocycles. The van der Waals surface area contributed by atoms with Crippen LogP contribution >= 0.6 is 0 Å². The van der Waals surface area contributed by atoms with Crippen LogP contribution in [0.15, 0.2) is 12.4 Å². The van der Waals surface area contributed by atoms with Crippen LogP contribution in [0.4, 0.5) is 0 Å². The molecule has 1 unspecified atom stereocenters. The zero-order valence-corrected chi connectivity index (χ0v) is 9.08. The minimum atomic E-state index is -1.06. The average molecular weight is 240 g/mol. The number of nitrogens with one attached hydrogen (secondary N) is 1. The lowest BCUT2D eigenvalue weighted by Gasteiger charge is -2.05. The standard InChI is InChI=1S/C9H12N4O4/c1-5(9(16)17)13-4-6(2-12-13)8(15)11-3-7(10)14/h2,4-5H,3H2,1H3,(H2,10,14)(H,11,15)(H,16,17). The lowest BCUT2D eigenvalue weighted by Crippen LogP contribution is -2.33. The van der Waals surface area contributed by atoms with Crippen LogP contribution in [0.25, 0.3) is 0 Å². The number of nitrogens with two attached hydrogens (primary N) is 1. The summed E-state index contributed by atoms with van der Waals surface area (Å²) in [6, 6.07) is -0.868. The van der Waals surface area contributed by atoms with Gasteiger partial charge in [0.05, 0.1) is 18.3 Å². The molecule has 2 amide bonds. The largest absolute Gasteiger partial charge is 0.480 e. The number of carbonyl (C=O) groups excluding carboxylic acids is 2. The predicted molar refractivity (Wildman–Crippen MR) is 56.1 cm³/mol. The van der Waals surface area contributed by atoms with Crippen molar-refractivity contribution in [3.8, 4) is 0 Å². The minimum Gasteiger partial charge on any atom is -0.480 e.